The second kappa shape index (κ2) is 7.46. The number of nitrogens with one attached hydrogen (secondary N) is 2. The SMILES string of the molecule is O=c1c(NCCc2c[nH]c3ccccc23)nccn1-c1cccc(C(F)(F)F)c1. The molecule has 0 bridgehead atoms. The first-order valence-corrected chi connectivity index (χ1v) is 8.97. The summed E-state index contributed by atoms with van der Waals surface area (Å²) in [5.41, 5.74) is 0.944. The number of rotatable bonds is 5. The molecule has 0 amide bonds. The second-order valence-electron chi connectivity index (χ2n) is 6.54. The van der Waals surface area contributed by atoms with Gasteiger partial charge in [0, 0.05) is 41.7 Å². The number of alkyl halides is 3. The molecule has 2 N–H and O–H groups in total. The van der Waals surface area contributed by atoms with Gasteiger partial charge in [0.25, 0.3) is 5.56 Å². The number of hydrogen-bond acceptors (Lipinski definition) is 3. The molecule has 0 radical (unpaired) electrons. The molecule has 29 heavy (non-hydrogen) atoms. The van der Waals surface area contributed by atoms with Crippen molar-refractivity contribution in [2.45, 2.75) is 12.6 Å². The van der Waals surface area contributed by atoms with Crippen molar-refractivity contribution in [3.63, 3.8) is 0 Å². The summed E-state index contributed by atoms with van der Waals surface area (Å²) in [6, 6.07) is 12.5. The summed E-state index contributed by atoms with van der Waals surface area (Å²) in [5, 5.41) is 4.10. The number of nitrogens with zero attached hydrogens (tertiary/aromatic N) is 2. The normalized spacial score (nSPS) is 11.7. The average Bonchev–Trinajstić information content (AvgIpc) is 3.12. The first-order valence-electron chi connectivity index (χ1n) is 8.97. The number of hydrogen-bond donors (Lipinski definition) is 2. The van der Waals surface area contributed by atoms with Gasteiger partial charge in [0.15, 0.2) is 5.82 Å². The minimum atomic E-state index is -4.48. The van der Waals surface area contributed by atoms with Gasteiger partial charge in [-0.2, -0.15) is 13.2 Å². The van der Waals surface area contributed by atoms with E-state index in [1.165, 1.54) is 24.5 Å². The van der Waals surface area contributed by atoms with Crippen LogP contribution in [0.15, 0.2) is 71.9 Å². The summed E-state index contributed by atoms with van der Waals surface area (Å²) < 4.78 is 40.0. The highest BCUT2D eigenvalue weighted by molar-refractivity contribution is 5.83. The lowest BCUT2D eigenvalue weighted by molar-refractivity contribution is -0.137. The van der Waals surface area contributed by atoms with Gasteiger partial charge < -0.3 is 10.3 Å². The number of para-hydroxylation sites is 1. The Balaban J connectivity index is 1.54. The number of aromatic amines is 1. The molecule has 0 fully saturated rings. The van der Waals surface area contributed by atoms with E-state index in [9.17, 15) is 18.0 Å². The van der Waals surface area contributed by atoms with E-state index >= 15 is 0 Å². The molecule has 0 unspecified atom stereocenters. The molecule has 0 aliphatic heterocycles. The summed E-state index contributed by atoms with van der Waals surface area (Å²) in [6.45, 7) is 0.455. The Bertz CT molecular complexity index is 1210. The van der Waals surface area contributed by atoms with Gasteiger partial charge in [0.2, 0.25) is 0 Å². The Kier molecular flexibility index (Phi) is 4.84. The van der Waals surface area contributed by atoms with Crippen molar-refractivity contribution in [2.75, 3.05) is 11.9 Å². The summed E-state index contributed by atoms with van der Waals surface area (Å²) in [4.78, 5) is 19.9. The molecule has 4 rings (SSSR count). The molecule has 0 aliphatic carbocycles. The quantitative estimate of drug-likeness (QED) is 0.524. The third-order valence-electron chi connectivity index (χ3n) is 4.65. The highest BCUT2D eigenvalue weighted by atomic mass is 19.4. The fourth-order valence-corrected chi connectivity index (χ4v) is 3.22. The van der Waals surface area contributed by atoms with Crippen LogP contribution in [0.25, 0.3) is 16.6 Å². The van der Waals surface area contributed by atoms with E-state index in [1.54, 1.807) is 0 Å². The molecule has 2 heterocycles. The fraction of sp³-hybridized carbons (Fsp3) is 0.143. The Hall–Kier alpha value is -3.55. The number of anilines is 1. The van der Waals surface area contributed by atoms with Crippen LogP contribution in [0.4, 0.5) is 19.0 Å². The van der Waals surface area contributed by atoms with E-state index in [-0.39, 0.29) is 11.5 Å². The molecule has 2 aromatic heterocycles. The topological polar surface area (TPSA) is 62.7 Å². The van der Waals surface area contributed by atoms with E-state index in [4.69, 9.17) is 0 Å². The van der Waals surface area contributed by atoms with Gasteiger partial charge in [-0.25, -0.2) is 4.98 Å². The summed E-state index contributed by atoms with van der Waals surface area (Å²) in [5.74, 6) is 0.0877. The van der Waals surface area contributed by atoms with Crippen molar-refractivity contribution in [1.29, 1.82) is 0 Å². The fourth-order valence-electron chi connectivity index (χ4n) is 3.22. The molecule has 2 aromatic carbocycles. The van der Waals surface area contributed by atoms with Crippen LogP contribution in [0.5, 0.6) is 0 Å². The van der Waals surface area contributed by atoms with Crippen molar-refractivity contribution in [1.82, 2.24) is 14.5 Å². The first kappa shape index (κ1) is 18.8. The van der Waals surface area contributed by atoms with E-state index in [0.717, 1.165) is 33.2 Å². The number of benzene rings is 2. The Morgan fingerprint density at radius 1 is 1.10 bits per heavy atom. The van der Waals surface area contributed by atoms with Gasteiger partial charge in [-0.05, 0) is 36.2 Å². The molecular formula is C21H17F3N4O. The molecule has 8 heteroatoms. The van der Waals surface area contributed by atoms with Crippen molar-refractivity contribution in [3.05, 3.63) is 88.6 Å². The van der Waals surface area contributed by atoms with E-state index in [2.05, 4.69) is 15.3 Å². The number of aromatic nitrogens is 3. The lowest BCUT2D eigenvalue weighted by Crippen LogP contribution is -2.24. The van der Waals surface area contributed by atoms with Gasteiger partial charge in [0.05, 0.1) is 5.56 Å². The smallest absolute Gasteiger partial charge is 0.365 e. The molecule has 0 atom stereocenters. The monoisotopic (exact) mass is 398 g/mol. The second-order valence-corrected chi connectivity index (χ2v) is 6.54. The van der Waals surface area contributed by atoms with Crippen LogP contribution in [0.3, 0.4) is 0 Å². The summed E-state index contributed by atoms with van der Waals surface area (Å²) in [7, 11) is 0. The standard InChI is InChI=1S/C21H17F3N4O/c22-21(23,24)15-4-3-5-16(12-15)28-11-10-26-19(20(28)29)25-9-8-14-13-27-18-7-2-1-6-17(14)18/h1-7,10-13,27H,8-9H2,(H,25,26). The largest absolute Gasteiger partial charge is 0.416 e. The maximum atomic E-state index is 13.0. The molecule has 5 nitrogen and oxygen atoms in total. The highest BCUT2D eigenvalue weighted by Crippen LogP contribution is 2.30. The van der Waals surface area contributed by atoms with Gasteiger partial charge in [-0.3, -0.25) is 9.36 Å². The minimum absolute atomic E-state index is 0.0877. The third kappa shape index (κ3) is 3.87. The van der Waals surface area contributed by atoms with Gasteiger partial charge in [0.1, 0.15) is 0 Å². The molecule has 0 saturated heterocycles. The molecule has 0 aliphatic rings. The van der Waals surface area contributed by atoms with Crippen LogP contribution >= 0.6 is 0 Å². The maximum Gasteiger partial charge on any atom is 0.416 e. The number of halogens is 3. The Labute approximate surface area is 163 Å². The van der Waals surface area contributed by atoms with E-state index in [0.29, 0.717) is 13.0 Å². The zero-order chi connectivity index (χ0) is 20.4. The van der Waals surface area contributed by atoms with Crippen LogP contribution in [0.2, 0.25) is 0 Å². The summed E-state index contributed by atoms with van der Waals surface area (Å²) >= 11 is 0. The maximum absolute atomic E-state index is 13.0. The van der Waals surface area contributed by atoms with Gasteiger partial charge >= 0.3 is 6.18 Å². The summed E-state index contributed by atoms with van der Waals surface area (Å²) in [6.07, 6.45) is 0.834. The molecular weight excluding hydrogens is 381 g/mol. The van der Waals surface area contributed by atoms with Crippen LogP contribution in [0, 0.1) is 0 Å². The van der Waals surface area contributed by atoms with Crippen molar-refractivity contribution in [3.8, 4) is 5.69 Å². The van der Waals surface area contributed by atoms with Crippen LogP contribution in [-0.2, 0) is 12.6 Å². The third-order valence-corrected chi connectivity index (χ3v) is 4.65. The van der Waals surface area contributed by atoms with Crippen molar-refractivity contribution in [2.24, 2.45) is 0 Å². The van der Waals surface area contributed by atoms with Crippen LogP contribution in [0.1, 0.15) is 11.1 Å². The number of fused-ring (bicyclic) bond motifs is 1. The lowest BCUT2D eigenvalue weighted by atomic mass is 10.1. The molecule has 0 spiro atoms. The predicted molar refractivity (Wildman–Crippen MR) is 105 cm³/mol. The lowest BCUT2D eigenvalue weighted by Gasteiger charge is -2.11. The minimum Gasteiger partial charge on any atom is -0.365 e. The Morgan fingerprint density at radius 2 is 1.93 bits per heavy atom. The predicted octanol–water partition coefficient (Wildman–Crippen LogP) is 4.39. The van der Waals surface area contributed by atoms with E-state index < -0.39 is 17.3 Å². The molecule has 148 valence electrons. The average molecular weight is 398 g/mol. The van der Waals surface area contributed by atoms with Crippen LogP contribution < -0.4 is 10.9 Å². The van der Waals surface area contributed by atoms with Crippen molar-refractivity contribution >= 4 is 16.7 Å². The Morgan fingerprint density at radius 3 is 2.76 bits per heavy atom. The first-order chi connectivity index (χ1) is 13.9. The molecule has 0 saturated carbocycles. The van der Waals surface area contributed by atoms with E-state index in [1.807, 2.05) is 30.5 Å². The molecule has 4 aromatic rings. The number of H-pyrrole nitrogens is 1. The zero-order valence-electron chi connectivity index (χ0n) is 15.2. The van der Waals surface area contributed by atoms with Crippen molar-refractivity contribution < 1.29 is 13.2 Å². The zero-order valence-corrected chi connectivity index (χ0v) is 15.2. The van der Waals surface area contributed by atoms with Crippen LogP contribution in [-0.4, -0.2) is 21.1 Å². The van der Waals surface area contributed by atoms with Gasteiger partial charge in [-0.15, -0.1) is 0 Å². The van der Waals surface area contributed by atoms with Gasteiger partial charge in [-0.1, -0.05) is 24.3 Å². The highest BCUT2D eigenvalue weighted by Gasteiger charge is 2.30.